The van der Waals surface area contributed by atoms with Gasteiger partial charge < -0.3 is 19.6 Å². The summed E-state index contributed by atoms with van der Waals surface area (Å²) in [5, 5.41) is 0. The van der Waals surface area contributed by atoms with E-state index in [-0.39, 0.29) is 27.1 Å². The molecule has 13 aromatic rings. The predicted molar refractivity (Wildman–Crippen MR) is 577 cm³/mol. The third kappa shape index (κ3) is 19.6. The van der Waals surface area contributed by atoms with E-state index in [1.807, 2.05) is 0 Å². The number of aliphatic imine (C=N–C) groups is 1. The Balaban J connectivity index is 0.000000106. The predicted octanol–water partition coefficient (Wildman–Crippen LogP) is 28.1. The van der Waals surface area contributed by atoms with E-state index in [0.29, 0.717) is 23.8 Å². The molecule has 0 radical (unpaired) electrons. The molecule has 0 spiro atoms. The lowest BCUT2D eigenvalue weighted by Crippen LogP contribution is -2.41. The Morgan fingerprint density at radius 1 is 0.387 bits per heavy atom. The molecule has 702 valence electrons. The first kappa shape index (κ1) is 94.8. The first-order valence-electron chi connectivity index (χ1n) is 52.3. The van der Waals surface area contributed by atoms with Gasteiger partial charge in [0.05, 0.1) is 5.71 Å². The Bertz CT molecular complexity index is 6240. The maximum absolute atomic E-state index is 4.90. The summed E-state index contributed by atoms with van der Waals surface area (Å²) in [4.78, 5) is 17.2. The number of likely N-dealkylation sites (tertiary alicyclic amines) is 4. The van der Waals surface area contributed by atoms with Crippen LogP contribution in [0.25, 0.3) is 11.1 Å². The molecule has 0 amide bonds. The maximum Gasteiger partial charge on any atom is 0.0532 e. The summed E-state index contributed by atoms with van der Waals surface area (Å²) >= 11 is 0. The van der Waals surface area contributed by atoms with Gasteiger partial charge in [0.25, 0.3) is 0 Å². The van der Waals surface area contributed by atoms with Crippen molar-refractivity contribution in [3.8, 4) is 0 Å². The lowest BCUT2D eigenvalue weighted by atomic mass is 9.61. The van der Waals surface area contributed by atoms with Crippen LogP contribution in [-0.2, 0) is 65.6 Å². The van der Waals surface area contributed by atoms with E-state index in [1.165, 1.54) is 200 Å². The van der Waals surface area contributed by atoms with Crippen LogP contribution in [0.1, 0.15) is 227 Å². The molecule has 5 aliphatic heterocycles. The molecule has 5 heterocycles. The number of allylic oxidation sites excluding steroid dienone is 2. The molecular formula is C131H148N6. The topological polar surface area (TPSA) is 28.6 Å². The van der Waals surface area contributed by atoms with Gasteiger partial charge in [0, 0.05) is 65.2 Å². The zero-order valence-electron chi connectivity index (χ0n) is 83.5. The summed E-state index contributed by atoms with van der Waals surface area (Å²) in [5.74, 6) is 4.14. The largest absolute Gasteiger partial charge is 0.309 e. The van der Waals surface area contributed by atoms with Crippen LogP contribution in [0, 0.1) is 17.8 Å². The number of fused-ring (bicyclic) bond motifs is 10. The molecule has 6 nitrogen and oxygen atoms in total. The standard InChI is InChI=1S/C28H31N.C22H27N.C22H25N.C22H27N.C19H21N.C18H17N/c1-29-18-16-23(17-19-29)27-26-15-9-8-12-24(26)21-28(27,25-13-6-3-7-14-25)20-22-10-4-2-5-11-22;2*1-22(19-9-4-3-5-10-19)16-18-8-6-7-11-20(18)21(22)17-12-14-23(2)15-13-17;1-4-22(19-12-6-5-7-13-19)17-18-11-8-9-14-20(18)21(22)15-10-16-23(2)3;1-20-13-7-12-17-18(14-8-3-2-4-9-14)15-10-5-6-11-16(15)19(17)20;1-2-8-15(9-3-1)18-11-6-12-19-17(18)16-10-5-4-7-14(16)13-18/h2-15,23,27H,16-21H2,1H3;3-11,17,21H,12-16H2,1-2H3;3-11H,12-16H2,1-2H3;5-9,11-15H,4,10,16-17H2,1-3H3;2-6,8-11,17-19H,7,12-13H2,1H3;1-5,7-10H,6,11-13H2/b;;;21-15-;;. The van der Waals surface area contributed by atoms with Gasteiger partial charge in [-0.3, -0.25) is 9.89 Å². The van der Waals surface area contributed by atoms with E-state index in [0.717, 1.165) is 75.8 Å². The van der Waals surface area contributed by atoms with Crippen molar-refractivity contribution in [2.45, 2.75) is 187 Å². The monoisotopic (exact) mass is 1810 g/mol. The summed E-state index contributed by atoms with van der Waals surface area (Å²) in [6, 6.07) is 133. The zero-order chi connectivity index (χ0) is 93.9. The third-order valence-corrected chi connectivity index (χ3v) is 34.4. The molecule has 10 atom stereocenters. The molecule has 0 aromatic heterocycles. The summed E-state index contributed by atoms with van der Waals surface area (Å²) in [5.41, 5.74) is 35.6. The van der Waals surface area contributed by atoms with Crippen LogP contribution in [-0.4, -0.2) is 131 Å². The molecule has 6 aliphatic carbocycles. The summed E-state index contributed by atoms with van der Waals surface area (Å²) in [6.45, 7) is 17.9. The van der Waals surface area contributed by atoms with Crippen LogP contribution in [0.15, 0.2) is 375 Å². The van der Waals surface area contributed by atoms with Crippen LogP contribution < -0.4 is 0 Å². The Labute approximate surface area is 822 Å². The average molecular weight is 1810 g/mol. The number of hydrogen-bond acceptors (Lipinski definition) is 6. The van der Waals surface area contributed by atoms with Crippen molar-refractivity contribution in [3.63, 3.8) is 0 Å². The quantitative estimate of drug-likeness (QED) is 0.108. The highest BCUT2D eigenvalue weighted by Crippen LogP contribution is 2.60. The average Bonchev–Trinajstić information content (AvgIpc) is 1.63. The van der Waals surface area contributed by atoms with Crippen LogP contribution >= 0.6 is 0 Å². The summed E-state index contributed by atoms with van der Waals surface area (Å²) < 4.78 is 0. The summed E-state index contributed by atoms with van der Waals surface area (Å²) in [7, 11) is 13.3. The second kappa shape index (κ2) is 42.6. The Morgan fingerprint density at radius 3 is 1.42 bits per heavy atom. The molecule has 137 heavy (non-hydrogen) atoms. The van der Waals surface area contributed by atoms with Crippen LogP contribution in [0.5, 0.6) is 0 Å². The second-order valence-electron chi connectivity index (χ2n) is 43.0. The highest BCUT2D eigenvalue weighted by atomic mass is 15.1. The van der Waals surface area contributed by atoms with Gasteiger partial charge in [-0.1, -0.05) is 390 Å². The number of nitrogens with zero attached hydrogens (tertiary/aromatic N) is 6. The smallest absolute Gasteiger partial charge is 0.0532 e. The molecule has 11 aliphatic rings. The third-order valence-electron chi connectivity index (χ3n) is 34.4. The normalized spacial score (nSPS) is 25.6. The van der Waals surface area contributed by atoms with E-state index in [9.17, 15) is 0 Å². The van der Waals surface area contributed by atoms with Crippen molar-refractivity contribution in [2.75, 3.05) is 101 Å². The molecule has 0 bridgehead atoms. The Morgan fingerprint density at radius 2 is 0.839 bits per heavy atom. The van der Waals surface area contributed by atoms with Crippen LogP contribution in [0.3, 0.4) is 0 Å². The molecule has 24 rings (SSSR count). The fourth-order valence-corrected chi connectivity index (χ4v) is 27.7. The highest BCUT2D eigenvalue weighted by Gasteiger charge is 2.53. The Kier molecular flexibility index (Phi) is 29.5. The van der Waals surface area contributed by atoms with Crippen LogP contribution in [0.4, 0.5) is 0 Å². The van der Waals surface area contributed by atoms with E-state index in [1.54, 1.807) is 44.5 Å². The second-order valence-corrected chi connectivity index (χ2v) is 43.0. The minimum absolute atomic E-state index is 0.121. The van der Waals surface area contributed by atoms with Crippen molar-refractivity contribution < 1.29 is 0 Å². The number of piperidine rings is 4. The summed E-state index contributed by atoms with van der Waals surface area (Å²) in [6.07, 6.45) is 24.3. The zero-order valence-corrected chi connectivity index (χ0v) is 83.5. The minimum atomic E-state index is 0.121. The molecule has 10 unspecified atom stereocenters. The van der Waals surface area contributed by atoms with E-state index >= 15 is 0 Å². The molecule has 13 aromatic carbocycles. The number of hydrogen-bond donors (Lipinski definition) is 0. The van der Waals surface area contributed by atoms with Crippen molar-refractivity contribution in [1.29, 1.82) is 0 Å². The van der Waals surface area contributed by atoms with Gasteiger partial charge in [-0.25, -0.2) is 0 Å². The lowest BCUT2D eigenvalue weighted by Gasteiger charge is -2.44. The molecule has 6 heteroatoms. The van der Waals surface area contributed by atoms with Crippen LogP contribution in [0.2, 0.25) is 0 Å². The first-order valence-corrected chi connectivity index (χ1v) is 52.3. The van der Waals surface area contributed by atoms with Crippen molar-refractivity contribution in [2.24, 2.45) is 22.7 Å². The molecular weight excluding hydrogens is 1660 g/mol. The molecule has 0 N–H and O–H groups in total. The van der Waals surface area contributed by atoms with Gasteiger partial charge in [-0.15, -0.1) is 0 Å². The molecule has 0 saturated carbocycles. The van der Waals surface area contributed by atoms with Gasteiger partial charge >= 0.3 is 0 Å². The maximum atomic E-state index is 4.90. The Hall–Kier alpha value is -11.2. The minimum Gasteiger partial charge on any atom is -0.309 e. The van der Waals surface area contributed by atoms with E-state index < -0.39 is 0 Å². The van der Waals surface area contributed by atoms with Crippen molar-refractivity contribution >= 4 is 16.9 Å². The van der Waals surface area contributed by atoms with Gasteiger partial charge in [0.15, 0.2) is 0 Å². The fraction of sp³-hybridized carbons (Fsp3) is 0.366. The number of benzene rings is 13. The first-order chi connectivity index (χ1) is 67.1. The van der Waals surface area contributed by atoms with Crippen molar-refractivity contribution in [3.05, 3.63) is 475 Å². The van der Waals surface area contributed by atoms with Gasteiger partial charge in [0.1, 0.15) is 0 Å². The lowest BCUT2D eigenvalue weighted by molar-refractivity contribution is 0.127. The van der Waals surface area contributed by atoms with E-state index in [2.05, 4.69) is 452 Å². The van der Waals surface area contributed by atoms with Gasteiger partial charge in [0.2, 0.25) is 0 Å². The van der Waals surface area contributed by atoms with Gasteiger partial charge in [-0.2, -0.15) is 0 Å². The van der Waals surface area contributed by atoms with Gasteiger partial charge in [-0.05, 0) is 337 Å². The molecule has 4 saturated heterocycles. The number of rotatable bonds is 14. The van der Waals surface area contributed by atoms with Crippen molar-refractivity contribution in [1.82, 2.24) is 24.5 Å². The van der Waals surface area contributed by atoms with E-state index in [4.69, 9.17) is 4.99 Å². The SMILES string of the molecule is CCC1(c2ccccc2)Cc2ccccc2/C1=C/CCN(C)C.CN1CCC(=C2c3ccccc3CC2(C)c2ccccc2)CC1.CN1CCC(C2c3ccccc3CC2(C)c2ccccc2)CC1.CN1CCC(C2c3ccccc3CC2(Cc2ccccc2)c2ccccc2)CC1.CN1CCCC2C(c3ccccc3)c3ccccc3C21.c1ccc(C23CCCN=C2c2ccccc2C3)cc1. The fourth-order valence-electron chi connectivity index (χ4n) is 27.7. The highest BCUT2D eigenvalue weighted by molar-refractivity contribution is 6.12. The molecule has 4 fully saturated rings.